The second-order valence-corrected chi connectivity index (χ2v) is 6.30. The maximum atomic E-state index is 11.3. The largest absolute Gasteiger partial charge is 0.475 e. The van der Waals surface area contributed by atoms with E-state index >= 15 is 0 Å². The topological polar surface area (TPSA) is 68.3 Å². The highest BCUT2D eigenvalue weighted by Crippen LogP contribution is 2.39. The predicted octanol–water partition coefficient (Wildman–Crippen LogP) is 2.24. The zero-order valence-corrected chi connectivity index (χ0v) is 13.7. The highest BCUT2D eigenvalue weighted by molar-refractivity contribution is 6.39. The molecule has 0 fully saturated rings. The Kier molecular flexibility index (Phi) is 3.42. The molecule has 0 spiro atoms. The van der Waals surface area contributed by atoms with Gasteiger partial charge in [-0.15, -0.1) is 0 Å². The first-order valence-corrected chi connectivity index (χ1v) is 7.98. The van der Waals surface area contributed by atoms with Gasteiger partial charge in [-0.25, -0.2) is 4.79 Å². The molecule has 0 amide bonds. The fourth-order valence-corrected chi connectivity index (χ4v) is 3.34. The number of fused-ring (bicyclic) bond motifs is 3. The van der Waals surface area contributed by atoms with Gasteiger partial charge in [-0.3, -0.25) is 4.68 Å². The second-order valence-electron chi connectivity index (χ2n) is 6.30. The number of carboxylic acid groups (broad SMARTS) is 1. The number of hydrogen-bond donors (Lipinski definition) is 1. The number of carboxylic acids is 1. The number of aryl methyl sites for hydroxylation is 2. The molecule has 0 bridgehead atoms. The number of aromatic nitrogens is 2. The van der Waals surface area contributed by atoms with Gasteiger partial charge in [-0.2, -0.15) is 5.10 Å². The van der Waals surface area contributed by atoms with Crippen LogP contribution in [0.2, 0.25) is 0 Å². The second kappa shape index (κ2) is 5.41. The summed E-state index contributed by atoms with van der Waals surface area (Å²) in [5.41, 5.74) is 3.70. The molecule has 1 aromatic carbocycles. The number of nitrogens with zero attached hydrogens (tertiary/aromatic N) is 2. The number of hydrogen-bond acceptors (Lipinski definition) is 3. The number of rotatable bonds is 3. The molecule has 1 N–H and O–H groups in total. The Bertz CT molecular complexity index is 974. The third-order valence-electron chi connectivity index (χ3n) is 4.68. The Balaban J connectivity index is 1.85. The maximum Gasteiger partial charge on any atom is 0.372 e. The number of aromatic carboxylic acids is 1. The smallest absolute Gasteiger partial charge is 0.372 e. The van der Waals surface area contributed by atoms with Crippen LogP contribution in [-0.4, -0.2) is 36.5 Å². The number of carbonyl (C=O) groups is 1. The van der Waals surface area contributed by atoms with E-state index in [1.165, 1.54) is 4.68 Å². The van der Waals surface area contributed by atoms with Gasteiger partial charge in [0.15, 0.2) is 0 Å². The van der Waals surface area contributed by atoms with Crippen LogP contribution >= 0.6 is 0 Å². The van der Waals surface area contributed by atoms with Crippen molar-refractivity contribution >= 4 is 21.7 Å². The van der Waals surface area contributed by atoms with Crippen LogP contribution in [0.3, 0.4) is 0 Å². The van der Waals surface area contributed by atoms with Gasteiger partial charge in [-0.1, -0.05) is 30.3 Å². The Morgan fingerprint density at radius 1 is 1.28 bits per heavy atom. The molecule has 7 heteroatoms. The lowest BCUT2D eigenvalue weighted by atomic mass is 9.58. The summed E-state index contributed by atoms with van der Waals surface area (Å²) in [6.07, 6.45) is 3.15. The molecule has 1 aliphatic carbocycles. The summed E-state index contributed by atoms with van der Waals surface area (Å²) in [6, 6.07) is 9.31. The van der Waals surface area contributed by atoms with Crippen molar-refractivity contribution in [1.29, 1.82) is 0 Å². The Labute approximate surface area is 147 Å². The van der Waals surface area contributed by atoms with Crippen molar-refractivity contribution in [1.82, 2.24) is 9.78 Å². The SMILES string of the molecule is [B]C([B])(c1ccccc1)n1cc2c(n1)-c1c(oc(C(=O)O)c1C)CC2. The van der Waals surface area contributed by atoms with Crippen LogP contribution in [0.1, 0.15) is 33.0 Å². The summed E-state index contributed by atoms with van der Waals surface area (Å²) in [7, 11) is 12.7. The Morgan fingerprint density at radius 2 is 2.00 bits per heavy atom. The van der Waals surface area contributed by atoms with E-state index in [0.29, 0.717) is 29.9 Å². The normalized spacial score (nSPS) is 13.3. The van der Waals surface area contributed by atoms with Crippen LogP contribution in [0.4, 0.5) is 0 Å². The van der Waals surface area contributed by atoms with E-state index in [2.05, 4.69) is 5.10 Å². The van der Waals surface area contributed by atoms with Gasteiger partial charge >= 0.3 is 5.97 Å². The standard InChI is InChI=1S/C18H14B2N2O3/c1-10-14-13(25-16(10)17(23)24)8-7-11-9-22(21-15(11)14)18(19,20)12-5-3-2-4-6-12/h2-6,9H,7-8H2,1H3,(H,23,24). The van der Waals surface area contributed by atoms with Crippen LogP contribution in [0.25, 0.3) is 11.3 Å². The summed E-state index contributed by atoms with van der Waals surface area (Å²) in [5, 5.41) is 12.6. The average Bonchev–Trinajstić information content (AvgIpc) is 3.17. The summed E-state index contributed by atoms with van der Waals surface area (Å²) >= 11 is 0. The summed E-state index contributed by atoms with van der Waals surface area (Å²) < 4.78 is 7.06. The van der Waals surface area contributed by atoms with Crippen LogP contribution in [0.5, 0.6) is 0 Å². The first-order chi connectivity index (χ1) is 11.9. The molecule has 5 nitrogen and oxygen atoms in total. The fraction of sp³-hybridized carbons (Fsp3) is 0.222. The lowest BCUT2D eigenvalue weighted by Gasteiger charge is -2.27. The Hall–Kier alpha value is -2.69. The number of benzene rings is 1. The molecule has 4 rings (SSSR count). The molecule has 2 aromatic heterocycles. The lowest BCUT2D eigenvalue weighted by molar-refractivity contribution is 0.0659. The maximum absolute atomic E-state index is 11.3. The van der Waals surface area contributed by atoms with Gasteiger partial charge in [0.1, 0.15) is 5.76 Å². The zero-order chi connectivity index (χ0) is 17.8. The van der Waals surface area contributed by atoms with Gasteiger partial charge in [0.05, 0.1) is 21.4 Å². The first kappa shape index (κ1) is 15.8. The van der Waals surface area contributed by atoms with E-state index in [4.69, 9.17) is 20.1 Å². The van der Waals surface area contributed by atoms with Crippen molar-refractivity contribution in [2.24, 2.45) is 0 Å². The minimum Gasteiger partial charge on any atom is -0.475 e. The van der Waals surface area contributed by atoms with Gasteiger partial charge in [0, 0.05) is 29.1 Å². The molecule has 2 heterocycles. The molecular weight excluding hydrogens is 314 g/mol. The third-order valence-corrected chi connectivity index (χ3v) is 4.68. The van der Waals surface area contributed by atoms with E-state index < -0.39 is 11.3 Å². The molecule has 4 radical (unpaired) electrons. The van der Waals surface area contributed by atoms with Crippen molar-refractivity contribution < 1.29 is 14.3 Å². The highest BCUT2D eigenvalue weighted by atomic mass is 16.4. The van der Waals surface area contributed by atoms with Gasteiger partial charge in [0.25, 0.3) is 0 Å². The Morgan fingerprint density at radius 3 is 2.68 bits per heavy atom. The van der Waals surface area contributed by atoms with E-state index in [9.17, 15) is 9.90 Å². The molecule has 1 aliphatic rings. The molecule has 25 heavy (non-hydrogen) atoms. The van der Waals surface area contributed by atoms with Crippen LogP contribution in [0.15, 0.2) is 40.9 Å². The highest BCUT2D eigenvalue weighted by Gasteiger charge is 2.32. The van der Waals surface area contributed by atoms with Crippen LogP contribution in [-0.2, 0) is 18.2 Å². The lowest BCUT2D eigenvalue weighted by Crippen LogP contribution is -2.36. The van der Waals surface area contributed by atoms with E-state index in [0.717, 1.165) is 16.7 Å². The van der Waals surface area contributed by atoms with Gasteiger partial charge < -0.3 is 9.52 Å². The van der Waals surface area contributed by atoms with Gasteiger partial charge in [-0.05, 0) is 24.5 Å². The first-order valence-electron chi connectivity index (χ1n) is 7.98. The molecule has 0 atom stereocenters. The quantitative estimate of drug-likeness (QED) is 0.749. The van der Waals surface area contributed by atoms with Crippen molar-refractivity contribution in [2.75, 3.05) is 0 Å². The van der Waals surface area contributed by atoms with Crippen LogP contribution < -0.4 is 0 Å². The number of furan rings is 1. The molecule has 0 aliphatic heterocycles. The molecule has 3 aromatic rings. The third kappa shape index (κ3) is 2.34. The molecular formula is C18H14B2N2O3. The van der Waals surface area contributed by atoms with Crippen molar-refractivity contribution in [3.05, 3.63) is 64.7 Å². The van der Waals surface area contributed by atoms with Crippen molar-refractivity contribution in [2.45, 2.75) is 25.1 Å². The van der Waals surface area contributed by atoms with E-state index in [1.807, 2.05) is 36.5 Å². The van der Waals surface area contributed by atoms with Crippen LogP contribution in [0, 0.1) is 6.92 Å². The summed E-state index contributed by atoms with van der Waals surface area (Å²) in [5.74, 6) is -0.474. The molecule has 0 saturated heterocycles. The van der Waals surface area contributed by atoms with E-state index in [-0.39, 0.29) is 5.76 Å². The average molecular weight is 328 g/mol. The zero-order valence-electron chi connectivity index (χ0n) is 13.7. The monoisotopic (exact) mass is 328 g/mol. The van der Waals surface area contributed by atoms with Gasteiger partial charge in [0.2, 0.25) is 5.76 Å². The molecule has 0 unspecified atom stereocenters. The molecule has 0 saturated carbocycles. The summed E-state index contributed by atoms with van der Waals surface area (Å²) in [6.45, 7) is 1.73. The predicted molar refractivity (Wildman–Crippen MR) is 94.1 cm³/mol. The van der Waals surface area contributed by atoms with E-state index in [1.54, 1.807) is 6.92 Å². The molecule has 120 valence electrons. The van der Waals surface area contributed by atoms with Crippen molar-refractivity contribution in [3.8, 4) is 11.3 Å². The van der Waals surface area contributed by atoms with Crippen molar-refractivity contribution in [3.63, 3.8) is 0 Å². The minimum absolute atomic E-state index is 0.0396. The fourth-order valence-electron chi connectivity index (χ4n) is 3.34. The minimum atomic E-state index is -1.30. The summed E-state index contributed by atoms with van der Waals surface area (Å²) in [4.78, 5) is 11.3.